The van der Waals surface area contributed by atoms with Crippen molar-refractivity contribution in [3.8, 4) is 5.69 Å². The molecule has 174 valence electrons. The monoisotopic (exact) mass is 475 g/mol. The fourth-order valence-electron chi connectivity index (χ4n) is 3.96. The zero-order chi connectivity index (χ0) is 24.5. The summed E-state index contributed by atoms with van der Waals surface area (Å²) < 4.78 is 29.1. The van der Waals surface area contributed by atoms with Crippen LogP contribution >= 0.6 is 0 Å². The first-order valence-electron chi connectivity index (χ1n) is 10.6. The van der Waals surface area contributed by atoms with Crippen molar-refractivity contribution in [1.29, 1.82) is 0 Å². The molecule has 0 saturated heterocycles. The van der Waals surface area contributed by atoms with Gasteiger partial charge in [-0.1, -0.05) is 30.4 Å². The lowest BCUT2D eigenvalue weighted by Crippen LogP contribution is -2.31. The lowest BCUT2D eigenvalue weighted by molar-refractivity contribution is -0.117. The van der Waals surface area contributed by atoms with Crippen molar-refractivity contribution in [3.05, 3.63) is 85.6 Å². The van der Waals surface area contributed by atoms with Gasteiger partial charge in [-0.15, -0.1) is 13.2 Å². The van der Waals surface area contributed by atoms with Crippen molar-refractivity contribution in [3.63, 3.8) is 0 Å². The smallest absolute Gasteiger partial charge is 0.243 e. The molecule has 1 amide bonds. The predicted molar refractivity (Wildman–Crippen MR) is 135 cm³/mol. The minimum Gasteiger partial charge on any atom is -0.399 e. The van der Waals surface area contributed by atoms with Crippen LogP contribution in [-0.4, -0.2) is 41.5 Å². The zero-order valence-electron chi connectivity index (χ0n) is 18.5. The molecule has 34 heavy (non-hydrogen) atoms. The molecular weight excluding hydrogens is 450 g/mol. The number of carbonyl (C=O) groups is 1. The maximum absolute atomic E-state index is 13.1. The molecule has 0 atom stereocenters. The second kappa shape index (κ2) is 9.12. The number of benzene rings is 3. The van der Waals surface area contributed by atoms with Crippen molar-refractivity contribution in [2.75, 3.05) is 18.8 Å². The van der Waals surface area contributed by atoms with E-state index in [2.05, 4.69) is 18.3 Å². The standard InChI is InChI=1S/C25H25N5O3S/c1-3-13-29(14-4-2)34(32,33)20-10-8-19(9-11-20)30-25-21(23(28-30)16-24(27)31)12-6-17-5-7-18(26)15-22(17)25/h3-12,15H,1-2,13-14,16,26H2,(H2,27,31). The Morgan fingerprint density at radius 3 is 2.26 bits per heavy atom. The van der Waals surface area contributed by atoms with Gasteiger partial charge in [-0.25, -0.2) is 13.1 Å². The maximum atomic E-state index is 13.1. The molecule has 4 rings (SSSR count). The zero-order valence-corrected chi connectivity index (χ0v) is 19.3. The summed E-state index contributed by atoms with van der Waals surface area (Å²) >= 11 is 0. The van der Waals surface area contributed by atoms with Crippen molar-refractivity contribution < 1.29 is 13.2 Å². The molecule has 0 spiro atoms. The Morgan fingerprint density at radius 2 is 1.65 bits per heavy atom. The summed E-state index contributed by atoms with van der Waals surface area (Å²) in [5, 5.41) is 7.25. The van der Waals surface area contributed by atoms with Gasteiger partial charge in [-0.05, 0) is 41.8 Å². The highest BCUT2D eigenvalue weighted by atomic mass is 32.2. The van der Waals surface area contributed by atoms with Crippen LogP contribution < -0.4 is 11.5 Å². The van der Waals surface area contributed by atoms with Gasteiger partial charge in [-0.3, -0.25) is 4.79 Å². The number of amides is 1. The third kappa shape index (κ3) is 4.18. The second-order valence-electron chi connectivity index (χ2n) is 7.84. The van der Waals surface area contributed by atoms with Crippen LogP contribution in [0.3, 0.4) is 0 Å². The molecule has 0 aliphatic heterocycles. The van der Waals surface area contributed by atoms with Crippen LogP contribution in [0.4, 0.5) is 5.69 Å². The Morgan fingerprint density at radius 1 is 1.00 bits per heavy atom. The van der Waals surface area contributed by atoms with Gasteiger partial charge >= 0.3 is 0 Å². The van der Waals surface area contributed by atoms with Gasteiger partial charge in [0.05, 0.1) is 28.2 Å². The Balaban J connectivity index is 1.88. The minimum absolute atomic E-state index is 0.0259. The number of anilines is 1. The van der Waals surface area contributed by atoms with Gasteiger partial charge in [0.1, 0.15) is 0 Å². The average molecular weight is 476 g/mol. The van der Waals surface area contributed by atoms with E-state index in [0.29, 0.717) is 17.1 Å². The lowest BCUT2D eigenvalue weighted by atomic mass is 10.0. The molecule has 0 saturated carbocycles. The fourth-order valence-corrected chi connectivity index (χ4v) is 5.34. The van der Waals surface area contributed by atoms with E-state index in [4.69, 9.17) is 11.5 Å². The first-order chi connectivity index (χ1) is 16.3. The Hall–Kier alpha value is -3.95. The van der Waals surface area contributed by atoms with Crippen LogP contribution in [-0.2, 0) is 21.2 Å². The van der Waals surface area contributed by atoms with Crippen molar-refractivity contribution in [2.24, 2.45) is 5.73 Å². The summed E-state index contributed by atoms with van der Waals surface area (Å²) in [6, 6.07) is 15.8. The average Bonchev–Trinajstić information content (AvgIpc) is 3.17. The first kappa shape index (κ1) is 23.2. The lowest BCUT2D eigenvalue weighted by Gasteiger charge is -2.19. The molecule has 4 N–H and O–H groups in total. The molecule has 0 unspecified atom stereocenters. The van der Waals surface area contributed by atoms with Crippen LogP contribution in [0, 0.1) is 0 Å². The number of nitrogen functional groups attached to an aromatic ring is 1. The molecule has 0 fully saturated rings. The van der Waals surface area contributed by atoms with Crippen LogP contribution in [0.5, 0.6) is 0 Å². The van der Waals surface area contributed by atoms with Crippen LogP contribution in [0.25, 0.3) is 27.4 Å². The quantitative estimate of drug-likeness (QED) is 0.284. The highest BCUT2D eigenvalue weighted by Gasteiger charge is 2.23. The number of sulfonamides is 1. The molecular formula is C25H25N5O3S. The summed E-state index contributed by atoms with van der Waals surface area (Å²) in [6.45, 7) is 7.61. The molecule has 1 aromatic heterocycles. The minimum atomic E-state index is -3.73. The summed E-state index contributed by atoms with van der Waals surface area (Å²) in [7, 11) is -3.73. The SMILES string of the molecule is C=CCN(CC=C)S(=O)(=O)c1ccc(-n2nc(CC(N)=O)c3ccc4ccc(N)cc4c32)cc1. The number of carbonyl (C=O) groups excluding carboxylic acids is 1. The predicted octanol–water partition coefficient (Wildman–Crippen LogP) is 3.15. The fraction of sp³-hybridized carbons (Fsp3) is 0.120. The Bertz CT molecular complexity index is 1510. The number of fused-ring (bicyclic) bond motifs is 3. The molecule has 1 heterocycles. The van der Waals surface area contributed by atoms with E-state index >= 15 is 0 Å². The molecule has 9 heteroatoms. The molecule has 0 radical (unpaired) electrons. The largest absolute Gasteiger partial charge is 0.399 e. The van der Waals surface area contributed by atoms with Gasteiger partial charge in [0.25, 0.3) is 0 Å². The van der Waals surface area contributed by atoms with Crippen LogP contribution in [0.15, 0.2) is 84.8 Å². The molecule has 3 aromatic carbocycles. The van der Waals surface area contributed by atoms with Crippen molar-refractivity contribution in [1.82, 2.24) is 14.1 Å². The normalized spacial score (nSPS) is 11.8. The molecule has 0 aliphatic carbocycles. The number of hydrogen-bond acceptors (Lipinski definition) is 5. The van der Waals surface area contributed by atoms with Crippen LogP contribution in [0.2, 0.25) is 0 Å². The number of primary amides is 1. The number of nitrogens with zero attached hydrogens (tertiary/aromatic N) is 3. The topological polar surface area (TPSA) is 124 Å². The highest BCUT2D eigenvalue weighted by Crippen LogP contribution is 2.32. The molecule has 4 aromatic rings. The van der Waals surface area contributed by atoms with E-state index in [1.165, 1.54) is 28.6 Å². The van der Waals surface area contributed by atoms with Gasteiger partial charge in [0, 0.05) is 29.5 Å². The van der Waals surface area contributed by atoms with E-state index in [1.807, 2.05) is 30.3 Å². The molecule has 0 aliphatic rings. The number of hydrogen-bond donors (Lipinski definition) is 2. The molecule has 0 bridgehead atoms. The number of rotatable bonds is 9. The van der Waals surface area contributed by atoms with Gasteiger partial charge in [-0.2, -0.15) is 9.40 Å². The van der Waals surface area contributed by atoms with E-state index in [9.17, 15) is 13.2 Å². The number of nitrogens with two attached hydrogens (primary N) is 2. The van der Waals surface area contributed by atoms with Gasteiger partial charge < -0.3 is 11.5 Å². The van der Waals surface area contributed by atoms with Crippen LogP contribution in [0.1, 0.15) is 5.69 Å². The third-order valence-corrected chi connectivity index (χ3v) is 7.33. The Labute approximate surface area is 197 Å². The summed E-state index contributed by atoms with van der Waals surface area (Å²) in [4.78, 5) is 11.8. The van der Waals surface area contributed by atoms with E-state index < -0.39 is 15.9 Å². The Kier molecular flexibility index (Phi) is 6.23. The molecule has 8 nitrogen and oxygen atoms in total. The maximum Gasteiger partial charge on any atom is 0.243 e. The summed E-state index contributed by atoms with van der Waals surface area (Å²) in [6.07, 6.45) is 3.03. The second-order valence-corrected chi connectivity index (χ2v) is 9.78. The summed E-state index contributed by atoms with van der Waals surface area (Å²) in [5.74, 6) is -0.495. The van der Waals surface area contributed by atoms with Gasteiger partial charge in [0.15, 0.2) is 0 Å². The van der Waals surface area contributed by atoms with Gasteiger partial charge in [0.2, 0.25) is 15.9 Å². The van der Waals surface area contributed by atoms with E-state index in [0.717, 1.165) is 21.7 Å². The van der Waals surface area contributed by atoms with E-state index in [1.54, 1.807) is 16.8 Å². The number of aromatic nitrogens is 2. The van der Waals surface area contributed by atoms with E-state index in [-0.39, 0.29) is 24.4 Å². The third-order valence-electron chi connectivity index (χ3n) is 5.49. The highest BCUT2D eigenvalue weighted by molar-refractivity contribution is 7.89. The summed E-state index contributed by atoms with van der Waals surface area (Å²) in [5.41, 5.74) is 14.0. The van der Waals surface area contributed by atoms with Crippen molar-refractivity contribution >= 4 is 43.3 Å². The first-order valence-corrected chi connectivity index (χ1v) is 12.0. The van der Waals surface area contributed by atoms with Crippen molar-refractivity contribution in [2.45, 2.75) is 11.3 Å².